The molecule has 0 aliphatic heterocycles. The Hall–Kier alpha value is -0.900. The molecule has 0 bridgehead atoms. The van der Waals surface area contributed by atoms with Crippen molar-refractivity contribution in [1.29, 1.82) is 0 Å². The fraction of sp³-hybridized carbons (Fsp3) is 0.600. The van der Waals surface area contributed by atoms with Crippen LogP contribution in [0.15, 0.2) is 30.3 Å². The van der Waals surface area contributed by atoms with Crippen LogP contribution in [-0.4, -0.2) is 29.0 Å². The largest absolute Gasteiger partial charge is 0.393 e. The van der Waals surface area contributed by atoms with E-state index < -0.39 is 6.10 Å². The number of hydrogen-bond donors (Lipinski definition) is 2. The van der Waals surface area contributed by atoms with Gasteiger partial charge < -0.3 is 14.9 Å². The summed E-state index contributed by atoms with van der Waals surface area (Å²) >= 11 is 0. The summed E-state index contributed by atoms with van der Waals surface area (Å²) in [7, 11) is 0. The highest BCUT2D eigenvalue weighted by Crippen LogP contribution is 2.16. The van der Waals surface area contributed by atoms with Crippen molar-refractivity contribution >= 4 is 0 Å². The average Bonchev–Trinajstić information content (AvgIpc) is 2.37. The number of benzene rings is 1. The van der Waals surface area contributed by atoms with Gasteiger partial charge >= 0.3 is 0 Å². The Morgan fingerprint density at radius 3 is 2.39 bits per heavy atom. The molecule has 0 saturated carbocycles. The second-order valence-electron chi connectivity index (χ2n) is 4.80. The number of hydrogen-bond acceptors (Lipinski definition) is 3. The molecule has 0 saturated heterocycles. The minimum Gasteiger partial charge on any atom is -0.393 e. The van der Waals surface area contributed by atoms with Crippen LogP contribution in [-0.2, 0) is 11.3 Å². The van der Waals surface area contributed by atoms with E-state index in [4.69, 9.17) is 4.74 Å². The molecular weight excluding hydrogens is 228 g/mol. The van der Waals surface area contributed by atoms with Gasteiger partial charge in [-0.05, 0) is 24.8 Å². The molecule has 2 N–H and O–H groups in total. The zero-order chi connectivity index (χ0) is 13.4. The summed E-state index contributed by atoms with van der Waals surface area (Å²) in [6.45, 7) is 4.63. The Labute approximate surface area is 109 Å². The normalized spacial score (nSPS) is 16.2. The molecule has 0 aliphatic rings. The summed E-state index contributed by atoms with van der Waals surface area (Å²) in [5, 5.41) is 19.4. The minimum atomic E-state index is -0.506. The first-order chi connectivity index (χ1) is 8.63. The van der Waals surface area contributed by atoms with Crippen LogP contribution < -0.4 is 0 Å². The second kappa shape index (κ2) is 8.25. The van der Waals surface area contributed by atoms with E-state index in [0.717, 1.165) is 12.0 Å². The van der Waals surface area contributed by atoms with Crippen molar-refractivity contribution in [1.82, 2.24) is 0 Å². The van der Waals surface area contributed by atoms with Gasteiger partial charge in [-0.15, -0.1) is 0 Å². The first-order valence-electron chi connectivity index (χ1n) is 6.61. The molecule has 3 nitrogen and oxygen atoms in total. The third-order valence-corrected chi connectivity index (χ3v) is 3.20. The van der Waals surface area contributed by atoms with Crippen molar-refractivity contribution in [2.24, 2.45) is 5.92 Å². The summed E-state index contributed by atoms with van der Waals surface area (Å²) in [4.78, 5) is 0. The molecule has 3 atom stereocenters. The number of ether oxygens (including phenoxy) is 1. The molecule has 3 heteroatoms. The minimum absolute atomic E-state index is 0.139. The molecule has 0 spiro atoms. The van der Waals surface area contributed by atoms with Crippen LogP contribution in [0.1, 0.15) is 32.3 Å². The van der Waals surface area contributed by atoms with Crippen molar-refractivity contribution in [3.05, 3.63) is 35.9 Å². The molecule has 0 aromatic heterocycles. The van der Waals surface area contributed by atoms with E-state index >= 15 is 0 Å². The zero-order valence-electron chi connectivity index (χ0n) is 11.2. The molecular formula is C15H24O3. The molecule has 1 rings (SSSR count). The third-order valence-electron chi connectivity index (χ3n) is 3.20. The maximum absolute atomic E-state index is 9.84. The first-order valence-corrected chi connectivity index (χ1v) is 6.61. The topological polar surface area (TPSA) is 49.7 Å². The van der Waals surface area contributed by atoms with E-state index in [1.54, 1.807) is 6.92 Å². The van der Waals surface area contributed by atoms with E-state index in [0.29, 0.717) is 19.6 Å². The van der Waals surface area contributed by atoms with Crippen LogP contribution in [0.25, 0.3) is 0 Å². The highest BCUT2D eigenvalue weighted by atomic mass is 16.5. The molecule has 1 aromatic rings. The molecule has 0 amide bonds. The molecule has 102 valence electrons. The first kappa shape index (κ1) is 15.2. The Morgan fingerprint density at radius 2 is 1.83 bits per heavy atom. The quantitative estimate of drug-likeness (QED) is 0.746. The van der Waals surface area contributed by atoms with Crippen LogP contribution in [0.2, 0.25) is 0 Å². The van der Waals surface area contributed by atoms with Gasteiger partial charge in [0.15, 0.2) is 0 Å². The van der Waals surface area contributed by atoms with Crippen molar-refractivity contribution in [2.75, 3.05) is 6.61 Å². The lowest BCUT2D eigenvalue weighted by Crippen LogP contribution is -2.25. The predicted octanol–water partition coefficient (Wildman–Crippen LogP) is 2.36. The van der Waals surface area contributed by atoms with Gasteiger partial charge in [0.05, 0.1) is 25.4 Å². The fourth-order valence-corrected chi connectivity index (χ4v) is 2.01. The molecule has 1 aromatic carbocycles. The lowest BCUT2D eigenvalue weighted by atomic mass is 9.94. The van der Waals surface area contributed by atoms with Crippen molar-refractivity contribution in [2.45, 2.75) is 45.5 Å². The SMILES string of the molecule is CCC(CC(O)COCc1ccccc1)C(C)O. The molecule has 0 radical (unpaired) electrons. The van der Waals surface area contributed by atoms with E-state index in [1.807, 2.05) is 37.3 Å². The molecule has 0 heterocycles. The summed E-state index contributed by atoms with van der Waals surface area (Å²) in [5.41, 5.74) is 1.10. The summed E-state index contributed by atoms with van der Waals surface area (Å²) in [5.74, 6) is 0.139. The van der Waals surface area contributed by atoms with E-state index in [9.17, 15) is 10.2 Å². The van der Waals surface area contributed by atoms with E-state index in [-0.39, 0.29) is 12.0 Å². The molecule has 0 aliphatic carbocycles. The fourth-order valence-electron chi connectivity index (χ4n) is 2.01. The molecule has 0 fully saturated rings. The van der Waals surface area contributed by atoms with Gasteiger partial charge in [0.25, 0.3) is 0 Å². The van der Waals surface area contributed by atoms with Crippen molar-refractivity contribution < 1.29 is 14.9 Å². The smallest absolute Gasteiger partial charge is 0.0777 e. The second-order valence-corrected chi connectivity index (χ2v) is 4.80. The Morgan fingerprint density at radius 1 is 1.17 bits per heavy atom. The van der Waals surface area contributed by atoms with Gasteiger partial charge in [-0.25, -0.2) is 0 Å². The Kier molecular flexibility index (Phi) is 6.94. The standard InChI is InChI=1S/C15H24O3/c1-3-14(12(2)16)9-15(17)11-18-10-13-7-5-4-6-8-13/h4-8,12,14-17H,3,9-11H2,1-2H3. The highest BCUT2D eigenvalue weighted by Gasteiger charge is 2.17. The average molecular weight is 252 g/mol. The van der Waals surface area contributed by atoms with Crippen LogP contribution in [0.5, 0.6) is 0 Å². The zero-order valence-corrected chi connectivity index (χ0v) is 11.2. The van der Waals surface area contributed by atoms with Gasteiger partial charge in [-0.1, -0.05) is 43.7 Å². The highest BCUT2D eigenvalue weighted by molar-refractivity contribution is 5.13. The Bertz CT molecular complexity index is 311. The van der Waals surface area contributed by atoms with Crippen LogP contribution in [0.3, 0.4) is 0 Å². The third kappa shape index (κ3) is 5.63. The number of rotatable bonds is 8. The van der Waals surface area contributed by atoms with Gasteiger partial charge in [0.2, 0.25) is 0 Å². The lowest BCUT2D eigenvalue weighted by Gasteiger charge is -2.21. The van der Waals surface area contributed by atoms with E-state index in [1.165, 1.54) is 0 Å². The maximum Gasteiger partial charge on any atom is 0.0777 e. The molecule has 3 unspecified atom stereocenters. The summed E-state index contributed by atoms with van der Waals surface area (Å²) < 4.78 is 5.47. The van der Waals surface area contributed by atoms with Crippen molar-refractivity contribution in [3.63, 3.8) is 0 Å². The van der Waals surface area contributed by atoms with Crippen molar-refractivity contribution in [3.8, 4) is 0 Å². The number of aliphatic hydroxyl groups is 2. The van der Waals surface area contributed by atoms with Crippen LogP contribution in [0, 0.1) is 5.92 Å². The van der Waals surface area contributed by atoms with Gasteiger partial charge in [-0.3, -0.25) is 0 Å². The van der Waals surface area contributed by atoms with Gasteiger partial charge in [-0.2, -0.15) is 0 Å². The van der Waals surface area contributed by atoms with Gasteiger partial charge in [0.1, 0.15) is 0 Å². The number of aliphatic hydroxyl groups excluding tert-OH is 2. The monoisotopic (exact) mass is 252 g/mol. The van der Waals surface area contributed by atoms with Gasteiger partial charge in [0, 0.05) is 0 Å². The van der Waals surface area contributed by atoms with Crippen LogP contribution >= 0.6 is 0 Å². The summed E-state index contributed by atoms with van der Waals surface area (Å²) in [6, 6.07) is 9.90. The predicted molar refractivity (Wildman–Crippen MR) is 72.2 cm³/mol. The molecule has 18 heavy (non-hydrogen) atoms. The maximum atomic E-state index is 9.84. The van der Waals surface area contributed by atoms with E-state index in [2.05, 4.69) is 0 Å². The lowest BCUT2D eigenvalue weighted by molar-refractivity contribution is 0.00149. The van der Waals surface area contributed by atoms with Crippen LogP contribution in [0.4, 0.5) is 0 Å². The summed E-state index contributed by atoms with van der Waals surface area (Å²) in [6.07, 6.45) is 0.572. The Balaban J connectivity index is 2.23.